The fourth-order valence-corrected chi connectivity index (χ4v) is 3.97. The average Bonchev–Trinajstić information content (AvgIpc) is 2.87. The summed E-state index contributed by atoms with van der Waals surface area (Å²) in [5.41, 5.74) is 9.10. The van der Waals surface area contributed by atoms with E-state index in [1.165, 1.54) is 0 Å². The van der Waals surface area contributed by atoms with Gasteiger partial charge in [0.15, 0.2) is 11.6 Å². The zero-order chi connectivity index (χ0) is 24.1. The van der Waals surface area contributed by atoms with E-state index in [-0.39, 0.29) is 18.2 Å². The predicted molar refractivity (Wildman–Crippen MR) is 128 cm³/mol. The Balaban J connectivity index is 1.29. The van der Waals surface area contributed by atoms with E-state index in [2.05, 4.69) is 5.32 Å². The van der Waals surface area contributed by atoms with Crippen molar-refractivity contribution in [1.82, 2.24) is 0 Å². The van der Waals surface area contributed by atoms with Crippen molar-refractivity contribution in [3.8, 4) is 5.75 Å². The summed E-state index contributed by atoms with van der Waals surface area (Å²) in [6, 6.07) is 18.6. The summed E-state index contributed by atoms with van der Waals surface area (Å²) in [6.07, 6.45) is 0.887. The molecule has 3 aromatic carbocycles. The normalized spacial score (nSPS) is 13.0. The van der Waals surface area contributed by atoms with Crippen LogP contribution in [0.2, 0.25) is 0 Å². The molecule has 0 aromatic heterocycles. The minimum absolute atomic E-state index is 0.159. The zero-order valence-corrected chi connectivity index (χ0v) is 18.9. The monoisotopic (exact) mass is 458 g/mol. The Morgan fingerprint density at radius 2 is 1.59 bits per heavy atom. The third-order valence-corrected chi connectivity index (χ3v) is 5.75. The topological polar surface area (TPSA) is 108 Å². The lowest BCUT2D eigenvalue weighted by Gasteiger charge is -2.20. The first kappa shape index (κ1) is 23.2. The average molecular weight is 459 g/mol. The van der Waals surface area contributed by atoms with Gasteiger partial charge in [0.25, 0.3) is 0 Å². The smallest absolute Gasteiger partial charge is 0.323 e. The van der Waals surface area contributed by atoms with Crippen LogP contribution in [-0.4, -0.2) is 43.8 Å². The lowest BCUT2D eigenvalue weighted by molar-refractivity contribution is -0.145. The quantitative estimate of drug-likeness (QED) is 0.292. The molecule has 0 radical (unpaired) electrons. The van der Waals surface area contributed by atoms with Gasteiger partial charge in [-0.3, -0.25) is 14.4 Å². The first-order chi connectivity index (χ1) is 16.5. The molecule has 0 fully saturated rings. The van der Waals surface area contributed by atoms with E-state index >= 15 is 0 Å². The highest BCUT2D eigenvalue weighted by Crippen LogP contribution is 2.31. The third kappa shape index (κ3) is 4.84. The molecule has 0 saturated heterocycles. The molecule has 34 heavy (non-hydrogen) atoms. The molecule has 7 heteroatoms. The van der Waals surface area contributed by atoms with Crippen LogP contribution < -0.4 is 15.8 Å². The van der Waals surface area contributed by atoms with E-state index in [0.717, 1.165) is 11.3 Å². The Hall–Kier alpha value is -3.97. The van der Waals surface area contributed by atoms with Crippen LogP contribution >= 0.6 is 0 Å². The van der Waals surface area contributed by atoms with Gasteiger partial charge in [-0.15, -0.1) is 0 Å². The van der Waals surface area contributed by atoms with Crippen molar-refractivity contribution in [1.29, 1.82) is 0 Å². The number of carbonyl (C=O) groups is 3. The lowest BCUT2D eigenvalue weighted by atomic mass is 9.83. The molecule has 0 aliphatic heterocycles. The summed E-state index contributed by atoms with van der Waals surface area (Å²) in [5.74, 6) is -0.0643. The van der Waals surface area contributed by atoms with E-state index in [0.29, 0.717) is 47.3 Å². The first-order valence-electron chi connectivity index (χ1n) is 11.1. The number of ether oxygens (including phenoxy) is 2. The second kappa shape index (κ2) is 10.3. The molecular formula is C27H26N2O5. The number of hydrogen-bond donors (Lipinski definition) is 2. The number of anilines is 1. The SMILES string of the molecule is COc1ccc(C[C@H](N)C(=O)OCCCNc2cccc3c2C(=O)c2ccccc2C3=O)cc1. The molecule has 3 N–H and O–H groups in total. The highest BCUT2D eigenvalue weighted by molar-refractivity contribution is 6.30. The minimum atomic E-state index is -0.758. The summed E-state index contributed by atoms with van der Waals surface area (Å²) in [6.45, 7) is 0.646. The molecule has 4 rings (SSSR count). The molecule has 0 bridgehead atoms. The van der Waals surface area contributed by atoms with Gasteiger partial charge in [0.05, 0.1) is 19.3 Å². The van der Waals surface area contributed by atoms with Crippen LogP contribution in [0.1, 0.15) is 43.8 Å². The van der Waals surface area contributed by atoms with E-state index in [1.54, 1.807) is 49.6 Å². The molecule has 174 valence electrons. The maximum absolute atomic E-state index is 13.0. The molecule has 3 aromatic rings. The number of nitrogens with two attached hydrogens (primary N) is 1. The van der Waals surface area contributed by atoms with Crippen LogP contribution in [-0.2, 0) is 16.0 Å². The van der Waals surface area contributed by atoms with Gasteiger partial charge in [-0.05, 0) is 36.6 Å². The van der Waals surface area contributed by atoms with Gasteiger partial charge >= 0.3 is 5.97 Å². The summed E-state index contributed by atoms with van der Waals surface area (Å²) in [7, 11) is 1.59. The van der Waals surface area contributed by atoms with Crippen molar-refractivity contribution in [2.24, 2.45) is 5.73 Å². The number of nitrogens with one attached hydrogen (secondary N) is 1. The maximum Gasteiger partial charge on any atom is 0.323 e. The van der Waals surface area contributed by atoms with Gasteiger partial charge in [-0.2, -0.15) is 0 Å². The van der Waals surface area contributed by atoms with Gasteiger partial charge in [-0.25, -0.2) is 0 Å². The van der Waals surface area contributed by atoms with Crippen LogP contribution in [0.25, 0.3) is 0 Å². The Morgan fingerprint density at radius 3 is 2.29 bits per heavy atom. The maximum atomic E-state index is 13.0. The molecule has 7 nitrogen and oxygen atoms in total. The molecule has 0 amide bonds. The number of fused-ring (bicyclic) bond motifs is 2. The van der Waals surface area contributed by atoms with Crippen LogP contribution in [0.3, 0.4) is 0 Å². The highest BCUT2D eigenvalue weighted by Gasteiger charge is 2.31. The fourth-order valence-electron chi connectivity index (χ4n) is 3.97. The number of methoxy groups -OCH3 is 1. The Morgan fingerprint density at radius 1 is 0.912 bits per heavy atom. The number of benzene rings is 3. The van der Waals surface area contributed by atoms with Gasteiger partial charge in [0, 0.05) is 28.9 Å². The van der Waals surface area contributed by atoms with Crippen LogP contribution in [0.4, 0.5) is 5.69 Å². The second-order valence-electron chi connectivity index (χ2n) is 8.04. The Labute approximate surface area is 197 Å². The van der Waals surface area contributed by atoms with Crippen molar-refractivity contribution in [3.63, 3.8) is 0 Å². The Bertz CT molecular complexity index is 1220. The van der Waals surface area contributed by atoms with E-state index < -0.39 is 12.0 Å². The fraction of sp³-hybridized carbons (Fsp3) is 0.222. The number of carbonyl (C=O) groups excluding carboxylic acids is 3. The van der Waals surface area contributed by atoms with Gasteiger partial charge in [0.1, 0.15) is 11.8 Å². The minimum Gasteiger partial charge on any atom is -0.497 e. The number of hydrogen-bond acceptors (Lipinski definition) is 7. The molecule has 1 aliphatic rings. The Kier molecular flexibility index (Phi) is 7.04. The summed E-state index contributed by atoms with van der Waals surface area (Å²) < 4.78 is 10.4. The standard InChI is InChI=1S/C27H26N2O5/c1-33-18-12-10-17(11-13-18)16-22(28)27(32)34-15-5-14-29-23-9-4-8-21-24(23)26(31)20-7-3-2-6-19(20)25(21)30/h2-4,6-13,22,29H,5,14-16,28H2,1H3/t22-/m0/s1. The first-order valence-corrected chi connectivity index (χ1v) is 11.1. The van der Waals surface area contributed by atoms with Crippen LogP contribution in [0.5, 0.6) is 5.75 Å². The van der Waals surface area contributed by atoms with Gasteiger partial charge in [-0.1, -0.05) is 48.5 Å². The van der Waals surface area contributed by atoms with E-state index in [4.69, 9.17) is 15.2 Å². The zero-order valence-electron chi connectivity index (χ0n) is 18.9. The number of rotatable bonds is 9. The van der Waals surface area contributed by atoms with Crippen molar-refractivity contribution in [3.05, 3.63) is 94.5 Å². The van der Waals surface area contributed by atoms with Crippen LogP contribution in [0.15, 0.2) is 66.7 Å². The molecule has 0 spiro atoms. The molecule has 0 saturated carbocycles. The van der Waals surface area contributed by atoms with E-state index in [1.807, 2.05) is 24.3 Å². The molecule has 0 unspecified atom stereocenters. The van der Waals surface area contributed by atoms with E-state index in [9.17, 15) is 14.4 Å². The van der Waals surface area contributed by atoms with Crippen molar-refractivity contribution in [2.45, 2.75) is 18.9 Å². The molecule has 0 heterocycles. The van der Waals surface area contributed by atoms with Crippen molar-refractivity contribution >= 4 is 23.2 Å². The molecular weight excluding hydrogens is 432 g/mol. The summed E-state index contributed by atoms with van der Waals surface area (Å²) in [5, 5.41) is 3.20. The van der Waals surface area contributed by atoms with Gasteiger partial charge in [0.2, 0.25) is 0 Å². The van der Waals surface area contributed by atoms with Crippen molar-refractivity contribution < 1.29 is 23.9 Å². The third-order valence-electron chi connectivity index (χ3n) is 5.75. The summed E-state index contributed by atoms with van der Waals surface area (Å²) >= 11 is 0. The van der Waals surface area contributed by atoms with Crippen LogP contribution in [0, 0.1) is 0 Å². The van der Waals surface area contributed by atoms with Crippen molar-refractivity contribution in [2.75, 3.05) is 25.6 Å². The predicted octanol–water partition coefficient (Wildman–Crippen LogP) is 3.39. The number of esters is 1. The second-order valence-corrected chi connectivity index (χ2v) is 8.04. The molecule has 1 aliphatic carbocycles. The largest absolute Gasteiger partial charge is 0.497 e. The molecule has 1 atom stereocenters. The summed E-state index contributed by atoms with van der Waals surface area (Å²) in [4.78, 5) is 38.1. The number of ketones is 2. The van der Waals surface area contributed by atoms with Gasteiger partial charge < -0.3 is 20.5 Å². The highest BCUT2D eigenvalue weighted by atomic mass is 16.5. The lowest BCUT2D eigenvalue weighted by Crippen LogP contribution is -2.34.